The van der Waals surface area contributed by atoms with Crippen molar-refractivity contribution in [1.82, 2.24) is 10.2 Å². The van der Waals surface area contributed by atoms with Crippen LogP contribution in [-0.2, 0) is 28.6 Å². The Bertz CT molecular complexity index is 1060. The molecule has 2 aromatic rings. The Morgan fingerprint density at radius 3 is 2.50 bits per heavy atom. The molecule has 2 saturated heterocycles. The summed E-state index contributed by atoms with van der Waals surface area (Å²) in [6.07, 6.45) is 1.08. The standard InChI is InChI=1S/C28H32N2O6/c1-3-18-35-23(19-12-7-5-8-13-19)22(28(33)34-4-2)29-26(31)21-16-11-17-30(21)27(32)25-24(36-25)20-14-9-6-10-15-20/h3,5-10,12-15,21-25H,1,4,11,16-18H2,2H3,(H,29,31)/t21-,22-,23-,24-,25+/m0/s1. The molecular weight excluding hydrogens is 460 g/mol. The lowest BCUT2D eigenvalue weighted by Crippen LogP contribution is -2.54. The van der Waals surface area contributed by atoms with Crippen LogP contribution < -0.4 is 5.32 Å². The first-order valence-electron chi connectivity index (χ1n) is 12.3. The average Bonchev–Trinajstić information content (AvgIpc) is 3.56. The van der Waals surface area contributed by atoms with E-state index >= 15 is 0 Å². The number of carbonyl (C=O) groups excluding carboxylic acids is 3. The second-order valence-corrected chi connectivity index (χ2v) is 8.77. The molecule has 2 heterocycles. The van der Waals surface area contributed by atoms with Crippen LogP contribution in [0.2, 0.25) is 0 Å². The highest BCUT2D eigenvalue weighted by Gasteiger charge is 2.51. The predicted octanol–water partition coefficient (Wildman–Crippen LogP) is 3.11. The van der Waals surface area contributed by atoms with Gasteiger partial charge in [0, 0.05) is 6.54 Å². The van der Waals surface area contributed by atoms with Crippen LogP contribution in [0.4, 0.5) is 0 Å². The number of ether oxygens (including phenoxy) is 3. The summed E-state index contributed by atoms with van der Waals surface area (Å²) in [5.41, 5.74) is 1.65. The van der Waals surface area contributed by atoms with Crippen molar-refractivity contribution in [2.75, 3.05) is 19.8 Å². The van der Waals surface area contributed by atoms with Crippen molar-refractivity contribution in [3.63, 3.8) is 0 Å². The Hall–Kier alpha value is -3.49. The average molecular weight is 493 g/mol. The van der Waals surface area contributed by atoms with Crippen LogP contribution in [0.15, 0.2) is 73.3 Å². The highest BCUT2D eigenvalue weighted by Crippen LogP contribution is 2.40. The van der Waals surface area contributed by atoms with E-state index in [0.29, 0.717) is 24.9 Å². The SMILES string of the molecule is C=CCO[C@@H](c1ccccc1)[C@H](NC(=O)[C@@H]1CCCN1C(=O)[C@@H]1O[C@H]1c1ccccc1)C(=O)OCC. The van der Waals surface area contributed by atoms with E-state index in [9.17, 15) is 14.4 Å². The van der Waals surface area contributed by atoms with E-state index in [2.05, 4.69) is 11.9 Å². The molecule has 0 bridgehead atoms. The quantitative estimate of drug-likeness (QED) is 0.294. The Morgan fingerprint density at radius 2 is 1.83 bits per heavy atom. The van der Waals surface area contributed by atoms with E-state index < -0.39 is 36.2 Å². The van der Waals surface area contributed by atoms with E-state index in [-0.39, 0.29) is 25.2 Å². The fourth-order valence-corrected chi connectivity index (χ4v) is 4.60. The van der Waals surface area contributed by atoms with Gasteiger partial charge in [-0.3, -0.25) is 9.59 Å². The van der Waals surface area contributed by atoms with Crippen molar-refractivity contribution in [3.8, 4) is 0 Å². The summed E-state index contributed by atoms with van der Waals surface area (Å²) in [6.45, 7) is 6.18. The molecule has 1 N–H and O–H groups in total. The van der Waals surface area contributed by atoms with Gasteiger partial charge in [-0.15, -0.1) is 6.58 Å². The number of esters is 1. The predicted molar refractivity (Wildman–Crippen MR) is 133 cm³/mol. The van der Waals surface area contributed by atoms with Gasteiger partial charge >= 0.3 is 5.97 Å². The number of hydrogen-bond acceptors (Lipinski definition) is 6. The molecule has 2 aliphatic heterocycles. The van der Waals surface area contributed by atoms with Crippen molar-refractivity contribution in [2.45, 2.75) is 50.2 Å². The van der Waals surface area contributed by atoms with Crippen LogP contribution in [0.25, 0.3) is 0 Å². The summed E-state index contributed by atoms with van der Waals surface area (Å²) >= 11 is 0. The molecule has 8 heteroatoms. The van der Waals surface area contributed by atoms with Gasteiger partial charge in [-0.25, -0.2) is 4.79 Å². The molecular formula is C28H32N2O6. The van der Waals surface area contributed by atoms with Crippen LogP contribution in [0, 0.1) is 0 Å². The summed E-state index contributed by atoms with van der Waals surface area (Å²) in [4.78, 5) is 41.2. The topological polar surface area (TPSA) is 97.5 Å². The molecule has 8 nitrogen and oxygen atoms in total. The van der Waals surface area contributed by atoms with E-state index in [1.807, 2.05) is 60.7 Å². The number of amides is 2. The maximum absolute atomic E-state index is 13.5. The Balaban J connectivity index is 1.49. The number of epoxide rings is 1. The van der Waals surface area contributed by atoms with Crippen molar-refractivity contribution in [2.24, 2.45) is 0 Å². The van der Waals surface area contributed by atoms with Crippen LogP contribution >= 0.6 is 0 Å². The summed E-state index contributed by atoms with van der Waals surface area (Å²) in [6, 6.07) is 16.9. The molecule has 2 aliphatic rings. The third kappa shape index (κ3) is 5.83. The van der Waals surface area contributed by atoms with Gasteiger partial charge in [0.05, 0.1) is 13.2 Å². The van der Waals surface area contributed by atoms with Crippen molar-refractivity contribution < 1.29 is 28.6 Å². The molecule has 5 atom stereocenters. The molecule has 0 radical (unpaired) electrons. The number of nitrogens with zero attached hydrogens (tertiary/aromatic N) is 1. The maximum atomic E-state index is 13.5. The molecule has 0 unspecified atom stereocenters. The smallest absolute Gasteiger partial charge is 0.331 e. The van der Waals surface area contributed by atoms with Gasteiger partial charge in [0.25, 0.3) is 5.91 Å². The molecule has 0 spiro atoms. The van der Waals surface area contributed by atoms with E-state index in [0.717, 1.165) is 5.56 Å². The number of rotatable bonds is 11. The molecule has 0 aromatic heterocycles. The number of hydrogen-bond donors (Lipinski definition) is 1. The normalized spacial score (nSPS) is 22.4. The van der Waals surface area contributed by atoms with E-state index in [1.165, 1.54) is 0 Å². The van der Waals surface area contributed by atoms with Crippen molar-refractivity contribution >= 4 is 17.8 Å². The zero-order valence-corrected chi connectivity index (χ0v) is 20.4. The second-order valence-electron chi connectivity index (χ2n) is 8.77. The van der Waals surface area contributed by atoms with Gasteiger partial charge in [0.1, 0.15) is 18.2 Å². The highest BCUT2D eigenvalue weighted by molar-refractivity contribution is 5.93. The number of likely N-dealkylation sites (tertiary alicyclic amines) is 1. The fraction of sp³-hybridized carbons (Fsp3) is 0.393. The van der Waals surface area contributed by atoms with Crippen LogP contribution in [0.1, 0.15) is 43.1 Å². The van der Waals surface area contributed by atoms with Crippen LogP contribution in [0.3, 0.4) is 0 Å². The van der Waals surface area contributed by atoms with Gasteiger partial charge in [-0.05, 0) is 30.9 Å². The van der Waals surface area contributed by atoms with E-state index in [1.54, 1.807) is 17.9 Å². The monoisotopic (exact) mass is 492 g/mol. The lowest BCUT2D eigenvalue weighted by molar-refractivity contribution is -0.153. The number of benzene rings is 2. The third-order valence-corrected chi connectivity index (χ3v) is 6.36. The summed E-state index contributed by atoms with van der Waals surface area (Å²) < 4.78 is 16.9. The number of carbonyl (C=O) groups is 3. The third-order valence-electron chi connectivity index (χ3n) is 6.36. The van der Waals surface area contributed by atoms with Gasteiger partial charge in [0.2, 0.25) is 5.91 Å². The van der Waals surface area contributed by atoms with Crippen LogP contribution in [-0.4, -0.2) is 60.6 Å². The Morgan fingerprint density at radius 1 is 1.14 bits per heavy atom. The molecule has 2 amide bonds. The van der Waals surface area contributed by atoms with Crippen LogP contribution in [0.5, 0.6) is 0 Å². The summed E-state index contributed by atoms with van der Waals surface area (Å²) in [5.74, 6) is -1.23. The van der Waals surface area contributed by atoms with Gasteiger partial charge in [0.15, 0.2) is 12.1 Å². The van der Waals surface area contributed by atoms with Crippen molar-refractivity contribution in [1.29, 1.82) is 0 Å². The second kappa shape index (κ2) is 12.0. The largest absolute Gasteiger partial charge is 0.464 e. The first kappa shape index (κ1) is 25.6. The molecule has 4 rings (SSSR count). The number of nitrogens with one attached hydrogen (secondary N) is 1. The zero-order valence-electron chi connectivity index (χ0n) is 20.4. The Labute approximate surface area is 211 Å². The van der Waals surface area contributed by atoms with Gasteiger partial charge in [-0.2, -0.15) is 0 Å². The first-order valence-corrected chi connectivity index (χ1v) is 12.3. The van der Waals surface area contributed by atoms with Crippen molar-refractivity contribution in [3.05, 3.63) is 84.4 Å². The fourth-order valence-electron chi connectivity index (χ4n) is 4.60. The summed E-state index contributed by atoms with van der Waals surface area (Å²) in [5, 5.41) is 2.83. The summed E-state index contributed by atoms with van der Waals surface area (Å²) in [7, 11) is 0. The highest BCUT2D eigenvalue weighted by atomic mass is 16.6. The maximum Gasteiger partial charge on any atom is 0.331 e. The lowest BCUT2D eigenvalue weighted by atomic mass is 10.0. The minimum absolute atomic E-state index is 0.155. The molecule has 0 aliphatic carbocycles. The lowest BCUT2D eigenvalue weighted by Gasteiger charge is -2.29. The van der Waals surface area contributed by atoms with E-state index in [4.69, 9.17) is 14.2 Å². The molecule has 2 fully saturated rings. The zero-order chi connectivity index (χ0) is 25.5. The minimum Gasteiger partial charge on any atom is -0.464 e. The molecule has 190 valence electrons. The molecule has 2 aromatic carbocycles. The van der Waals surface area contributed by atoms with Gasteiger partial charge in [-0.1, -0.05) is 66.7 Å². The minimum atomic E-state index is -1.09. The first-order chi connectivity index (χ1) is 17.5. The van der Waals surface area contributed by atoms with Gasteiger partial charge < -0.3 is 24.4 Å². The Kier molecular flexibility index (Phi) is 8.51. The molecule has 36 heavy (non-hydrogen) atoms. The molecule has 0 saturated carbocycles.